The van der Waals surface area contributed by atoms with Crippen LogP contribution in [0.5, 0.6) is 5.75 Å². The van der Waals surface area contributed by atoms with Crippen LogP contribution in [0, 0.1) is 18.8 Å². The highest BCUT2D eigenvalue weighted by molar-refractivity contribution is 5.76. The van der Waals surface area contributed by atoms with E-state index >= 15 is 0 Å². The fraction of sp³-hybridized carbons (Fsp3) is 0.480. The van der Waals surface area contributed by atoms with Crippen LogP contribution in [0.4, 0.5) is 0 Å². The molecule has 0 aromatic heterocycles. The Morgan fingerprint density at radius 2 is 1.72 bits per heavy atom. The molecular weight excluding hydrogens is 360 g/mol. The first-order valence-corrected chi connectivity index (χ1v) is 10.6. The maximum Gasteiger partial charge on any atom is 0.222 e. The van der Waals surface area contributed by atoms with Crippen LogP contribution in [0.25, 0.3) is 0 Å². The number of para-hydroxylation sites is 1. The third-order valence-corrected chi connectivity index (χ3v) is 5.29. The fourth-order valence-electron chi connectivity index (χ4n) is 3.57. The predicted octanol–water partition coefficient (Wildman–Crippen LogP) is 4.97. The van der Waals surface area contributed by atoms with Crippen LogP contribution >= 0.6 is 0 Å². The van der Waals surface area contributed by atoms with Gasteiger partial charge in [0.15, 0.2) is 0 Å². The van der Waals surface area contributed by atoms with E-state index in [1.807, 2.05) is 48.3 Å². The summed E-state index contributed by atoms with van der Waals surface area (Å²) in [6.45, 7) is 7.59. The summed E-state index contributed by atoms with van der Waals surface area (Å²) >= 11 is 0. The van der Waals surface area contributed by atoms with Crippen molar-refractivity contribution in [3.05, 3.63) is 65.7 Å². The number of carbonyl (C=O) groups is 1. The highest BCUT2D eigenvalue weighted by Gasteiger charge is 2.20. The minimum Gasteiger partial charge on any atom is -0.485 e. The Labute approximate surface area is 176 Å². The van der Waals surface area contributed by atoms with Crippen LogP contribution in [0.3, 0.4) is 0 Å². The zero-order valence-electron chi connectivity index (χ0n) is 18.3. The normalized spacial score (nSPS) is 13.2. The van der Waals surface area contributed by atoms with Crippen molar-refractivity contribution in [3.63, 3.8) is 0 Å². The summed E-state index contributed by atoms with van der Waals surface area (Å²) in [6, 6.07) is 18.3. The molecule has 2 atom stereocenters. The van der Waals surface area contributed by atoms with Crippen LogP contribution < -0.4 is 10.5 Å². The molecule has 0 aliphatic heterocycles. The Bertz CT molecular complexity index is 745. The van der Waals surface area contributed by atoms with Crippen molar-refractivity contribution < 1.29 is 9.53 Å². The number of hydrogen-bond acceptors (Lipinski definition) is 3. The molecule has 0 heterocycles. The van der Waals surface area contributed by atoms with Gasteiger partial charge in [0.1, 0.15) is 11.9 Å². The Hall–Kier alpha value is -2.33. The summed E-state index contributed by atoms with van der Waals surface area (Å²) in [7, 11) is 1.88. The first-order valence-electron chi connectivity index (χ1n) is 10.6. The average molecular weight is 397 g/mol. The Kier molecular flexibility index (Phi) is 9.20. The van der Waals surface area contributed by atoms with Crippen molar-refractivity contribution in [1.29, 1.82) is 0 Å². The van der Waals surface area contributed by atoms with Gasteiger partial charge in [0.2, 0.25) is 5.91 Å². The van der Waals surface area contributed by atoms with Crippen LogP contribution in [0.1, 0.15) is 50.3 Å². The lowest BCUT2D eigenvalue weighted by molar-refractivity contribution is -0.131. The third kappa shape index (κ3) is 7.54. The van der Waals surface area contributed by atoms with Gasteiger partial charge in [0.25, 0.3) is 0 Å². The molecule has 4 heteroatoms. The molecule has 2 rings (SSSR count). The van der Waals surface area contributed by atoms with E-state index in [1.54, 1.807) is 0 Å². The van der Waals surface area contributed by atoms with Crippen molar-refractivity contribution in [1.82, 2.24) is 4.90 Å². The number of nitrogens with two attached hydrogens (primary N) is 1. The van der Waals surface area contributed by atoms with Crippen molar-refractivity contribution in [3.8, 4) is 5.75 Å². The molecule has 0 saturated carbocycles. The van der Waals surface area contributed by atoms with Gasteiger partial charge in [0, 0.05) is 26.4 Å². The second-order valence-corrected chi connectivity index (χ2v) is 8.32. The molecule has 2 aromatic carbocycles. The van der Waals surface area contributed by atoms with Gasteiger partial charge in [-0.2, -0.15) is 0 Å². The summed E-state index contributed by atoms with van der Waals surface area (Å²) < 4.78 is 6.36. The molecule has 2 unspecified atom stereocenters. The first-order chi connectivity index (χ1) is 13.9. The van der Waals surface area contributed by atoms with Crippen LogP contribution in [0.2, 0.25) is 0 Å². The minimum atomic E-state index is -0.103. The molecule has 0 bridgehead atoms. The maximum atomic E-state index is 12.7. The number of aryl methyl sites for hydroxylation is 1. The summed E-state index contributed by atoms with van der Waals surface area (Å²) in [5.41, 5.74) is 8.11. The smallest absolute Gasteiger partial charge is 0.222 e. The monoisotopic (exact) mass is 396 g/mol. The summed E-state index contributed by atoms with van der Waals surface area (Å²) in [5.74, 6) is 1.84. The topological polar surface area (TPSA) is 55.6 Å². The minimum absolute atomic E-state index is 0.103. The lowest BCUT2D eigenvalue weighted by Gasteiger charge is -2.25. The molecule has 0 aliphatic rings. The van der Waals surface area contributed by atoms with Gasteiger partial charge in [-0.15, -0.1) is 0 Å². The largest absolute Gasteiger partial charge is 0.485 e. The molecule has 0 spiro atoms. The van der Waals surface area contributed by atoms with Crippen molar-refractivity contribution >= 4 is 5.91 Å². The van der Waals surface area contributed by atoms with Crippen molar-refractivity contribution in [2.24, 2.45) is 17.6 Å². The Balaban J connectivity index is 2.01. The van der Waals surface area contributed by atoms with E-state index in [0.717, 1.165) is 29.7 Å². The van der Waals surface area contributed by atoms with Gasteiger partial charge in [-0.3, -0.25) is 4.79 Å². The van der Waals surface area contributed by atoms with E-state index < -0.39 is 0 Å². The standard InChI is InChI=1S/C25H36N2O2/c1-19(2)16-21(18-26)17-25(28)27(4)15-14-24(22-11-6-5-7-12-22)29-23-13-9-8-10-20(23)3/h5-13,19,21,24H,14-18,26H2,1-4H3. The first kappa shape index (κ1) is 23.0. The lowest BCUT2D eigenvalue weighted by Crippen LogP contribution is -2.32. The molecule has 1 amide bonds. The maximum absolute atomic E-state index is 12.7. The zero-order chi connectivity index (χ0) is 21.2. The molecule has 0 fully saturated rings. The molecule has 29 heavy (non-hydrogen) atoms. The second kappa shape index (κ2) is 11.6. The predicted molar refractivity (Wildman–Crippen MR) is 120 cm³/mol. The molecule has 0 saturated heterocycles. The van der Waals surface area contributed by atoms with Gasteiger partial charge in [-0.05, 0) is 48.9 Å². The molecule has 0 radical (unpaired) electrons. The number of amides is 1. The lowest BCUT2D eigenvalue weighted by atomic mass is 9.94. The second-order valence-electron chi connectivity index (χ2n) is 8.32. The number of benzene rings is 2. The molecular formula is C25H36N2O2. The van der Waals surface area contributed by atoms with E-state index in [4.69, 9.17) is 10.5 Å². The highest BCUT2D eigenvalue weighted by Crippen LogP contribution is 2.27. The van der Waals surface area contributed by atoms with E-state index in [-0.39, 0.29) is 17.9 Å². The number of hydrogen-bond donors (Lipinski definition) is 1. The molecule has 0 aliphatic carbocycles. The molecule has 4 nitrogen and oxygen atoms in total. The Morgan fingerprint density at radius 3 is 2.34 bits per heavy atom. The van der Waals surface area contributed by atoms with E-state index in [1.165, 1.54) is 0 Å². The van der Waals surface area contributed by atoms with Crippen molar-refractivity contribution in [2.75, 3.05) is 20.1 Å². The SMILES string of the molecule is Cc1ccccc1OC(CCN(C)C(=O)CC(CN)CC(C)C)c1ccccc1. The molecule has 158 valence electrons. The third-order valence-electron chi connectivity index (χ3n) is 5.29. The van der Waals surface area contributed by atoms with Gasteiger partial charge >= 0.3 is 0 Å². The van der Waals surface area contributed by atoms with E-state index in [0.29, 0.717) is 25.4 Å². The number of ether oxygens (including phenoxy) is 1. The number of rotatable bonds is 11. The van der Waals surface area contributed by atoms with Gasteiger partial charge in [-0.1, -0.05) is 62.4 Å². The highest BCUT2D eigenvalue weighted by atomic mass is 16.5. The quantitative estimate of drug-likeness (QED) is 0.583. The van der Waals surface area contributed by atoms with Gasteiger partial charge < -0.3 is 15.4 Å². The molecule has 2 aromatic rings. The van der Waals surface area contributed by atoms with E-state index in [2.05, 4.69) is 39.0 Å². The summed E-state index contributed by atoms with van der Waals surface area (Å²) in [5, 5.41) is 0. The summed E-state index contributed by atoms with van der Waals surface area (Å²) in [4.78, 5) is 14.5. The molecule has 2 N–H and O–H groups in total. The van der Waals surface area contributed by atoms with Crippen LogP contribution in [-0.2, 0) is 4.79 Å². The Morgan fingerprint density at radius 1 is 1.07 bits per heavy atom. The van der Waals surface area contributed by atoms with E-state index in [9.17, 15) is 4.79 Å². The van der Waals surface area contributed by atoms with Gasteiger partial charge in [0.05, 0.1) is 0 Å². The number of nitrogens with zero attached hydrogens (tertiary/aromatic N) is 1. The van der Waals surface area contributed by atoms with Crippen LogP contribution in [0.15, 0.2) is 54.6 Å². The van der Waals surface area contributed by atoms with Gasteiger partial charge in [-0.25, -0.2) is 0 Å². The van der Waals surface area contributed by atoms with Crippen molar-refractivity contribution in [2.45, 2.75) is 46.1 Å². The number of carbonyl (C=O) groups excluding carboxylic acids is 1. The summed E-state index contributed by atoms with van der Waals surface area (Å²) in [6.07, 6.45) is 2.13. The zero-order valence-corrected chi connectivity index (χ0v) is 18.3. The average Bonchev–Trinajstić information content (AvgIpc) is 2.71. The fourth-order valence-corrected chi connectivity index (χ4v) is 3.57. The van der Waals surface area contributed by atoms with Crippen LogP contribution in [-0.4, -0.2) is 30.9 Å².